The fourth-order valence-electron chi connectivity index (χ4n) is 2.24. The third-order valence-corrected chi connectivity index (χ3v) is 3.19. The third kappa shape index (κ3) is 5.59. The zero-order valence-corrected chi connectivity index (χ0v) is 12.3. The van der Waals surface area contributed by atoms with Gasteiger partial charge in [0.1, 0.15) is 5.60 Å². The van der Waals surface area contributed by atoms with Crippen LogP contribution in [0.25, 0.3) is 0 Å². The van der Waals surface area contributed by atoms with E-state index in [4.69, 9.17) is 9.84 Å². The Balaban J connectivity index is 2.44. The highest BCUT2D eigenvalue weighted by Crippen LogP contribution is 2.22. The SMILES string of the molecule is CC(C)(C)OC(=O)N1CCCC(CCC(=O)C(=O)O)C1. The number of hydrogen-bond acceptors (Lipinski definition) is 4. The summed E-state index contributed by atoms with van der Waals surface area (Å²) < 4.78 is 5.32. The van der Waals surface area contributed by atoms with E-state index in [-0.39, 0.29) is 18.4 Å². The molecule has 6 heteroatoms. The number of ketones is 1. The molecule has 1 aliphatic heterocycles. The van der Waals surface area contributed by atoms with Gasteiger partial charge in [0.15, 0.2) is 0 Å². The van der Waals surface area contributed by atoms with Gasteiger partial charge in [-0.25, -0.2) is 9.59 Å². The Kier molecular flexibility index (Phi) is 5.53. The average molecular weight is 285 g/mol. The summed E-state index contributed by atoms with van der Waals surface area (Å²) in [5.41, 5.74) is -0.525. The molecule has 0 saturated carbocycles. The van der Waals surface area contributed by atoms with Crippen LogP contribution < -0.4 is 0 Å². The number of piperidine rings is 1. The molecule has 1 aliphatic rings. The summed E-state index contributed by atoms with van der Waals surface area (Å²) in [6, 6.07) is 0. The van der Waals surface area contributed by atoms with E-state index in [0.29, 0.717) is 19.5 Å². The highest BCUT2D eigenvalue weighted by molar-refractivity contribution is 6.32. The van der Waals surface area contributed by atoms with Crippen molar-refractivity contribution in [3.8, 4) is 0 Å². The summed E-state index contributed by atoms with van der Waals surface area (Å²) in [5, 5.41) is 8.55. The number of carboxylic acid groups (broad SMARTS) is 1. The molecule has 0 spiro atoms. The van der Waals surface area contributed by atoms with Crippen molar-refractivity contribution in [1.82, 2.24) is 4.90 Å². The van der Waals surface area contributed by atoms with E-state index < -0.39 is 17.4 Å². The molecule has 1 unspecified atom stereocenters. The molecular formula is C14H23NO5. The predicted molar refractivity (Wildman–Crippen MR) is 72.4 cm³/mol. The maximum absolute atomic E-state index is 11.9. The molecule has 0 radical (unpaired) electrons. The van der Waals surface area contributed by atoms with Gasteiger partial charge in [-0.05, 0) is 46.0 Å². The average Bonchev–Trinajstić information content (AvgIpc) is 2.34. The van der Waals surface area contributed by atoms with E-state index in [1.54, 1.807) is 4.90 Å². The maximum atomic E-state index is 11.9. The fourth-order valence-corrected chi connectivity index (χ4v) is 2.24. The molecule has 6 nitrogen and oxygen atoms in total. The van der Waals surface area contributed by atoms with Crippen molar-refractivity contribution in [2.24, 2.45) is 5.92 Å². The second kappa shape index (κ2) is 6.72. The van der Waals surface area contributed by atoms with Crippen LogP contribution in [0, 0.1) is 5.92 Å². The standard InChI is InChI=1S/C14H23NO5/c1-14(2,3)20-13(19)15-8-4-5-10(9-15)6-7-11(16)12(17)18/h10H,4-9H2,1-3H3,(H,17,18). The lowest BCUT2D eigenvalue weighted by Gasteiger charge is -2.34. The number of carboxylic acids is 1. The van der Waals surface area contributed by atoms with Gasteiger partial charge in [0.25, 0.3) is 0 Å². The molecule has 114 valence electrons. The maximum Gasteiger partial charge on any atom is 0.410 e. The van der Waals surface area contributed by atoms with Crippen molar-refractivity contribution in [2.75, 3.05) is 13.1 Å². The van der Waals surface area contributed by atoms with Gasteiger partial charge >= 0.3 is 12.1 Å². The smallest absolute Gasteiger partial charge is 0.410 e. The molecule has 1 rings (SSSR count). The van der Waals surface area contributed by atoms with Gasteiger partial charge in [0.05, 0.1) is 0 Å². The minimum absolute atomic E-state index is 0.0299. The Hall–Kier alpha value is -1.59. The van der Waals surface area contributed by atoms with Crippen molar-refractivity contribution in [1.29, 1.82) is 0 Å². The zero-order valence-electron chi connectivity index (χ0n) is 12.3. The molecular weight excluding hydrogens is 262 g/mol. The molecule has 0 aliphatic carbocycles. The molecule has 1 fully saturated rings. The van der Waals surface area contributed by atoms with E-state index in [9.17, 15) is 14.4 Å². The molecule has 1 heterocycles. The number of aliphatic carboxylic acids is 1. The lowest BCUT2D eigenvalue weighted by molar-refractivity contribution is -0.149. The van der Waals surface area contributed by atoms with Gasteiger partial charge in [-0.1, -0.05) is 0 Å². The van der Waals surface area contributed by atoms with Gasteiger partial charge in [-0.2, -0.15) is 0 Å². The van der Waals surface area contributed by atoms with Gasteiger partial charge in [-0.15, -0.1) is 0 Å². The zero-order chi connectivity index (χ0) is 15.3. The number of carbonyl (C=O) groups is 3. The lowest BCUT2D eigenvalue weighted by atomic mass is 9.93. The number of Topliss-reactive ketones (excluding diaryl/α,β-unsaturated/α-hetero) is 1. The summed E-state index contributed by atoms with van der Waals surface area (Å²) in [6.45, 7) is 6.63. The first kappa shape index (κ1) is 16.5. The summed E-state index contributed by atoms with van der Waals surface area (Å²) in [4.78, 5) is 35.1. The van der Waals surface area contributed by atoms with Crippen LogP contribution in [0.2, 0.25) is 0 Å². The van der Waals surface area contributed by atoms with Crippen LogP contribution in [0.5, 0.6) is 0 Å². The van der Waals surface area contributed by atoms with E-state index in [1.807, 2.05) is 20.8 Å². The van der Waals surface area contributed by atoms with Crippen molar-refractivity contribution in [3.05, 3.63) is 0 Å². The molecule has 0 aromatic rings. The van der Waals surface area contributed by atoms with Crippen molar-refractivity contribution < 1.29 is 24.2 Å². The number of rotatable bonds is 4. The number of carbonyl (C=O) groups excluding carboxylic acids is 2. The molecule has 1 amide bonds. The Morgan fingerprint density at radius 3 is 2.50 bits per heavy atom. The summed E-state index contributed by atoms with van der Waals surface area (Å²) >= 11 is 0. The van der Waals surface area contributed by atoms with Crippen LogP contribution in [-0.4, -0.2) is 46.5 Å². The summed E-state index contributed by atoms with van der Waals surface area (Å²) in [6.07, 6.45) is 1.95. The van der Waals surface area contributed by atoms with Gasteiger partial charge in [-0.3, -0.25) is 4.79 Å². The number of hydrogen-bond donors (Lipinski definition) is 1. The first-order chi connectivity index (χ1) is 9.19. The molecule has 1 saturated heterocycles. The van der Waals surface area contributed by atoms with Crippen molar-refractivity contribution in [2.45, 2.75) is 52.1 Å². The number of likely N-dealkylation sites (tertiary alicyclic amines) is 1. The molecule has 0 aromatic carbocycles. The predicted octanol–water partition coefficient (Wildman–Crippen LogP) is 2.07. The highest BCUT2D eigenvalue weighted by Gasteiger charge is 2.28. The first-order valence-electron chi connectivity index (χ1n) is 6.93. The Bertz CT molecular complexity index is 386. The van der Waals surface area contributed by atoms with Crippen LogP contribution in [0.4, 0.5) is 4.79 Å². The second-order valence-electron chi connectivity index (χ2n) is 6.20. The molecule has 0 bridgehead atoms. The quantitative estimate of drug-likeness (QED) is 0.799. The van der Waals surface area contributed by atoms with Crippen LogP contribution >= 0.6 is 0 Å². The topological polar surface area (TPSA) is 83.9 Å². The van der Waals surface area contributed by atoms with Crippen LogP contribution in [0.3, 0.4) is 0 Å². The largest absolute Gasteiger partial charge is 0.476 e. The number of ether oxygens (including phenoxy) is 1. The van der Waals surface area contributed by atoms with E-state index in [1.165, 1.54) is 0 Å². The second-order valence-corrected chi connectivity index (χ2v) is 6.20. The molecule has 1 N–H and O–H groups in total. The van der Waals surface area contributed by atoms with E-state index >= 15 is 0 Å². The Labute approximate surface area is 119 Å². The van der Waals surface area contributed by atoms with Crippen LogP contribution in [0.15, 0.2) is 0 Å². The first-order valence-corrected chi connectivity index (χ1v) is 6.93. The van der Waals surface area contributed by atoms with Crippen molar-refractivity contribution >= 4 is 17.8 Å². The van der Waals surface area contributed by atoms with Crippen LogP contribution in [0.1, 0.15) is 46.5 Å². The Morgan fingerprint density at radius 2 is 1.95 bits per heavy atom. The van der Waals surface area contributed by atoms with E-state index in [0.717, 1.165) is 12.8 Å². The molecule has 1 atom stereocenters. The fraction of sp³-hybridized carbons (Fsp3) is 0.786. The molecule has 0 aromatic heterocycles. The Morgan fingerprint density at radius 1 is 1.30 bits per heavy atom. The van der Waals surface area contributed by atoms with Crippen LogP contribution in [-0.2, 0) is 14.3 Å². The summed E-state index contributed by atoms with van der Waals surface area (Å²) in [7, 11) is 0. The highest BCUT2D eigenvalue weighted by atomic mass is 16.6. The monoisotopic (exact) mass is 285 g/mol. The van der Waals surface area contributed by atoms with Gasteiger partial charge in [0, 0.05) is 19.5 Å². The normalized spacial score (nSPS) is 19.6. The van der Waals surface area contributed by atoms with E-state index in [2.05, 4.69) is 0 Å². The molecule has 20 heavy (non-hydrogen) atoms. The minimum Gasteiger partial charge on any atom is -0.476 e. The number of nitrogens with zero attached hydrogens (tertiary/aromatic N) is 1. The lowest BCUT2D eigenvalue weighted by Crippen LogP contribution is -2.43. The number of amides is 1. The van der Waals surface area contributed by atoms with Crippen molar-refractivity contribution in [3.63, 3.8) is 0 Å². The minimum atomic E-state index is -1.38. The van der Waals surface area contributed by atoms with Gasteiger partial charge < -0.3 is 14.7 Å². The third-order valence-electron chi connectivity index (χ3n) is 3.19. The summed E-state index contributed by atoms with van der Waals surface area (Å²) in [5.74, 6) is -1.98. The van der Waals surface area contributed by atoms with Gasteiger partial charge in [0.2, 0.25) is 5.78 Å².